The summed E-state index contributed by atoms with van der Waals surface area (Å²) in [6.07, 6.45) is 6.99. The van der Waals surface area contributed by atoms with Gasteiger partial charge in [0.25, 0.3) is 0 Å². The highest BCUT2D eigenvalue weighted by molar-refractivity contribution is 4.72. The van der Waals surface area contributed by atoms with Crippen molar-refractivity contribution in [1.29, 1.82) is 0 Å². The van der Waals surface area contributed by atoms with Gasteiger partial charge in [-0.25, -0.2) is 0 Å². The van der Waals surface area contributed by atoms with Crippen molar-refractivity contribution in [1.82, 2.24) is 10.2 Å². The largest absolute Gasteiger partial charge is 0.314 e. The van der Waals surface area contributed by atoms with Crippen LogP contribution in [0.3, 0.4) is 0 Å². The van der Waals surface area contributed by atoms with Crippen molar-refractivity contribution >= 4 is 0 Å². The van der Waals surface area contributed by atoms with Crippen LogP contribution in [0.2, 0.25) is 0 Å². The smallest absolute Gasteiger partial charge is 0.00103 e. The molecule has 0 amide bonds. The third kappa shape index (κ3) is 5.86. The lowest BCUT2D eigenvalue weighted by Gasteiger charge is -2.31. The molecule has 0 aromatic rings. The van der Waals surface area contributed by atoms with Gasteiger partial charge in [0.1, 0.15) is 0 Å². The summed E-state index contributed by atoms with van der Waals surface area (Å²) in [5.41, 5.74) is 0. The Morgan fingerprint density at radius 1 is 1.25 bits per heavy atom. The van der Waals surface area contributed by atoms with Crippen molar-refractivity contribution in [2.45, 2.75) is 58.9 Å². The number of likely N-dealkylation sites (tertiary alicyclic amines) is 1. The monoisotopic (exact) mass is 226 g/mol. The molecule has 1 saturated heterocycles. The first-order chi connectivity index (χ1) is 7.72. The molecule has 16 heavy (non-hydrogen) atoms. The van der Waals surface area contributed by atoms with Crippen molar-refractivity contribution in [2.24, 2.45) is 5.92 Å². The van der Waals surface area contributed by atoms with E-state index >= 15 is 0 Å². The molecule has 1 rings (SSSR count). The van der Waals surface area contributed by atoms with Crippen molar-refractivity contribution in [3.05, 3.63) is 0 Å². The SMILES string of the molecule is CCCC1CCN(CCCNC(C)C)CC1. The van der Waals surface area contributed by atoms with Crippen molar-refractivity contribution in [3.63, 3.8) is 0 Å². The van der Waals surface area contributed by atoms with Crippen molar-refractivity contribution in [3.8, 4) is 0 Å². The van der Waals surface area contributed by atoms with E-state index in [4.69, 9.17) is 0 Å². The fourth-order valence-electron chi connectivity index (χ4n) is 2.60. The molecule has 1 N–H and O–H groups in total. The minimum absolute atomic E-state index is 0.635. The van der Waals surface area contributed by atoms with E-state index in [1.54, 1.807) is 0 Å². The van der Waals surface area contributed by atoms with Crippen LogP contribution < -0.4 is 5.32 Å². The van der Waals surface area contributed by atoms with Gasteiger partial charge in [-0.2, -0.15) is 0 Å². The highest BCUT2D eigenvalue weighted by atomic mass is 15.1. The van der Waals surface area contributed by atoms with E-state index in [1.165, 1.54) is 58.3 Å². The summed E-state index contributed by atoms with van der Waals surface area (Å²) in [7, 11) is 0. The number of nitrogens with one attached hydrogen (secondary N) is 1. The summed E-state index contributed by atoms with van der Waals surface area (Å²) >= 11 is 0. The van der Waals surface area contributed by atoms with Crippen LogP contribution in [0.1, 0.15) is 52.9 Å². The molecule has 1 aliphatic rings. The maximum absolute atomic E-state index is 3.49. The van der Waals surface area contributed by atoms with Gasteiger partial charge >= 0.3 is 0 Å². The first-order valence-corrected chi connectivity index (χ1v) is 7.18. The molecule has 0 atom stereocenters. The number of hydrogen-bond acceptors (Lipinski definition) is 2. The molecule has 1 aliphatic heterocycles. The lowest BCUT2D eigenvalue weighted by molar-refractivity contribution is 0.176. The van der Waals surface area contributed by atoms with Crippen LogP contribution in [-0.4, -0.2) is 37.1 Å². The second-order valence-electron chi connectivity index (χ2n) is 5.54. The maximum Gasteiger partial charge on any atom is 0.00103 e. The molecule has 0 aromatic carbocycles. The van der Waals surface area contributed by atoms with E-state index in [-0.39, 0.29) is 0 Å². The van der Waals surface area contributed by atoms with E-state index in [0.717, 1.165) is 5.92 Å². The molecule has 0 bridgehead atoms. The molecule has 0 aliphatic carbocycles. The van der Waals surface area contributed by atoms with Crippen LogP contribution in [-0.2, 0) is 0 Å². The molecule has 0 radical (unpaired) electrons. The van der Waals surface area contributed by atoms with Gasteiger partial charge in [0, 0.05) is 6.04 Å². The number of rotatable bonds is 7. The zero-order chi connectivity index (χ0) is 11.8. The lowest BCUT2D eigenvalue weighted by atomic mass is 9.92. The fourth-order valence-corrected chi connectivity index (χ4v) is 2.60. The van der Waals surface area contributed by atoms with Crippen LogP contribution in [0.15, 0.2) is 0 Å². The highest BCUT2D eigenvalue weighted by Crippen LogP contribution is 2.21. The standard InChI is InChI=1S/C14H30N2/c1-4-6-14-7-11-16(12-8-14)10-5-9-15-13(2)3/h13-15H,4-12H2,1-3H3. The Bertz CT molecular complexity index is 160. The first-order valence-electron chi connectivity index (χ1n) is 7.18. The molecular weight excluding hydrogens is 196 g/mol. The minimum Gasteiger partial charge on any atom is -0.314 e. The van der Waals surface area contributed by atoms with Crippen LogP contribution in [0, 0.1) is 5.92 Å². The molecular formula is C14H30N2. The second kappa shape index (κ2) is 8.08. The van der Waals surface area contributed by atoms with E-state index < -0.39 is 0 Å². The van der Waals surface area contributed by atoms with Gasteiger partial charge in [-0.1, -0.05) is 33.6 Å². The predicted molar refractivity (Wildman–Crippen MR) is 71.8 cm³/mol. The normalized spacial score (nSPS) is 19.5. The Kier molecular flexibility index (Phi) is 7.06. The van der Waals surface area contributed by atoms with E-state index in [2.05, 4.69) is 31.0 Å². The summed E-state index contributed by atoms with van der Waals surface area (Å²) in [5.74, 6) is 1.02. The highest BCUT2D eigenvalue weighted by Gasteiger charge is 2.17. The van der Waals surface area contributed by atoms with Gasteiger partial charge in [0.2, 0.25) is 0 Å². The topological polar surface area (TPSA) is 15.3 Å². The van der Waals surface area contributed by atoms with Gasteiger partial charge in [-0.3, -0.25) is 0 Å². The lowest BCUT2D eigenvalue weighted by Crippen LogP contribution is -2.36. The Morgan fingerprint density at radius 3 is 2.50 bits per heavy atom. The molecule has 0 saturated carbocycles. The molecule has 0 aromatic heterocycles. The molecule has 2 nitrogen and oxygen atoms in total. The van der Waals surface area contributed by atoms with Gasteiger partial charge in [-0.15, -0.1) is 0 Å². The molecule has 1 fully saturated rings. The molecule has 1 heterocycles. The molecule has 0 unspecified atom stereocenters. The Labute approximate surface area is 102 Å². The summed E-state index contributed by atoms with van der Waals surface area (Å²) in [6, 6.07) is 0.635. The fraction of sp³-hybridized carbons (Fsp3) is 1.00. The van der Waals surface area contributed by atoms with Crippen LogP contribution in [0.4, 0.5) is 0 Å². The summed E-state index contributed by atoms with van der Waals surface area (Å²) in [5, 5.41) is 3.49. The van der Waals surface area contributed by atoms with Gasteiger partial charge < -0.3 is 10.2 Å². The summed E-state index contributed by atoms with van der Waals surface area (Å²) < 4.78 is 0. The third-order valence-corrected chi connectivity index (χ3v) is 3.61. The van der Waals surface area contributed by atoms with Crippen molar-refractivity contribution < 1.29 is 0 Å². The Balaban J connectivity index is 1.99. The number of hydrogen-bond donors (Lipinski definition) is 1. The van der Waals surface area contributed by atoms with E-state index in [1.807, 2.05) is 0 Å². The Morgan fingerprint density at radius 2 is 1.94 bits per heavy atom. The van der Waals surface area contributed by atoms with Crippen molar-refractivity contribution in [2.75, 3.05) is 26.2 Å². The first kappa shape index (κ1) is 14.0. The molecule has 2 heteroatoms. The second-order valence-corrected chi connectivity index (χ2v) is 5.54. The third-order valence-electron chi connectivity index (χ3n) is 3.61. The zero-order valence-corrected chi connectivity index (χ0v) is 11.5. The summed E-state index contributed by atoms with van der Waals surface area (Å²) in [4.78, 5) is 2.65. The number of nitrogens with zero attached hydrogens (tertiary/aromatic N) is 1. The maximum atomic E-state index is 3.49. The molecule has 0 spiro atoms. The minimum atomic E-state index is 0.635. The quantitative estimate of drug-likeness (QED) is 0.672. The average molecular weight is 226 g/mol. The van der Waals surface area contributed by atoms with E-state index in [0.29, 0.717) is 6.04 Å². The molecule has 96 valence electrons. The van der Waals surface area contributed by atoms with Crippen LogP contribution >= 0.6 is 0 Å². The van der Waals surface area contributed by atoms with Gasteiger partial charge in [0.15, 0.2) is 0 Å². The number of piperidine rings is 1. The van der Waals surface area contributed by atoms with E-state index in [9.17, 15) is 0 Å². The predicted octanol–water partition coefficient (Wildman–Crippen LogP) is 2.89. The van der Waals surface area contributed by atoms with Gasteiger partial charge in [0.05, 0.1) is 0 Å². The Hall–Kier alpha value is -0.0800. The average Bonchev–Trinajstić information content (AvgIpc) is 2.27. The zero-order valence-electron chi connectivity index (χ0n) is 11.5. The van der Waals surface area contributed by atoms with Crippen LogP contribution in [0.5, 0.6) is 0 Å². The summed E-state index contributed by atoms with van der Waals surface area (Å²) in [6.45, 7) is 11.9. The van der Waals surface area contributed by atoms with Crippen LogP contribution in [0.25, 0.3) is 0 Å². The van der Waals surface area contributed by atoms with Gasteiger partial charge in [-0.05, 0) is 51.4 Å².